The molecule has 0 heterocycles. The quantitative estimate of drug-likeness (QED) is 0.438. The summed E-state index contributed by atoms with van der Waals surface area (Å²) < 4.78 is 44.2. The monoisotopic (exact) mass is 480 g/mol. The summed E-state index contributed by atoms with van der Waals surface area (Å²) in [6, 6.07) is 11.2. The van der Waals surface area contributed by atoms with Crippen molar-refractivity contribution in [2.45, 2.75) is 37.0 Å². The van der Waals surface area contributed by atoms with E-state index in [2.05, 4.69) is 0 Å². The molecule has 2 aromatic rings. The van der Waals surface area contributed by atoms with E-state index in [1.165, 1.54) is 0 Å². The van der Waals surface area contributed by atoms with Crippen molar-refractivity contribution in [1.29, 1.82) is 0 Å². The molecule has 2 amide bonds. The Hall–Kier alpha value is -3.60. The standard InChI is InChI=1S/C23H23F3N2O6/c24-23(25,26)11-19(20(30)27-18(9-10-29)21(31)32)28-22(33)34-12-17-15-7-3-1-5-13(15)14-6-2-4-8-16(14)17/h1-8,17-19,29H,9-12H2,(H,27,30)(H,28,33)(H,31,32). The first-order valence-corrected chi connectivity index (χ1v) is 10.4. The fourth-order valence-corrected chi connectivity index (χ4v) is 3.88. The summed E-state index contributed by atoms with van der Waals surface area (Å²) in [7, 11) is 0. The Labute approximate surface area is 192 Å². The second-order valence-corrected chi connectivity index (χ2v) is 7.75. The van der Waals surface area contributed by atoms with Crippen molar-refractivity contribution in [3.05, 3.63) is 59.7 Å². The maximum absolute atomic E-state index is 13.0. The molecule has 2 unspecified atom stereocenters. The lowest BCUT2D eigenvalue weighted by Gasteiger charge is -2.22. The number of hydrogen-bond acceptors (Lipinski definition) is 5. The van der Waals surface area contributed by atoms with Gasteiger partial charge in [-0.25, -0.2) is 9.59 Å². The number of aliphatic hydroxyl groups excluding tert-OH is 1. The van der Waals surface area contributed by atoms with Crippen molar-refractivity contribution in [1.82, 2.24) is 10.6 Å². The van der Waals surface area contributed by atoms with Crippen LogP contribution >= 0.6 is 0 Å². The molecule has 1 aliphatic carbocycles. The maximum atomic E-state index is 13.0. The second-order valence-electron chi connectivity index (χ2n) is 7.75. The number of ether oxygens (including phenoxy) is 1. The number of carboxylic acids is 1. The number of rotatable bonds is 9. The molecule has 11 heteroatoms. The molecule has 2 aromatic carbocycles. The highest BCUT2D eigenvalue weighted by Crippen LogP contribution is 2.44. The van der Waals surface area contributed by atoms with Crippen molar-refractivity contribution in [2.24, 2.45) is 0 Å². The highest BCUT2D eigenvalue weighted by Gasteiger charge is 2.38. The van der Waals surface area contributed by atoms with Gasteiger partial charge in [0.25, 0.3) is 0 Å². The van der Waals surface area contributed by atoms with Crippen molar-refractivity contribution in [3.8, 4) is 11.1 Å². The van der Waals surface area contributed by atoms with Crippen molar-refractivity contribution < 1.29 is 42.5 Å². The lowest BCUT2D eigenvalue weighted by molar-refractivity contribution is -0.151. The van der Waals surface area contributed by atoms with Gasteiger partial charge in [-0.15, -0.1) is 0 Å². The second kappa shape index (κ2) is 10.6. The van der Waals surface area contributed by atoms with Gasteiger partial charge in [-0.3, -0.25) is 4.79 Å². The number of halogens is 3. The molecule has 4 N–H and O–H groups in total. The first-order valence-electron chi connectivity index (χ1n) is 10.4. The molecule has 182 valence electrons. The van der Waals surface area contributed by atoms with Crippen molar-refractivity contribution >= 4 is 18.0 Å². The van der Waals surface area contributed by atoms with E-state index in [1.54, 1.807) is 0 Å². The summed E-state index contributed by atoms with van der Waals surface area (Å²) >= 11 is 0. The number of nitrogens with one attached hydrogen (secondary N) is 2. The van der Waals surface area contributed by atoms with Gasteiger partial charge in [0.05, 0.1) is 6.42 Å². The Bertz CT molecular complexity index is 1010. The Kier molecular flexibility index (Phi) is 7.77. The fraction of sp³-hybridized carbons (Fsp3) is 0.348. The topological polar surface area (TPSA) is 125 Å². The molecule has 34 heavy (non-hydrogen) atoms. The predicted molar refractivity (Wildman–Crippen MR) is 114 cm³/mol. The lowest BCUT2D eigenvalue weighted by Crippen LogP contribution is -2.53. The van der Waals surface area contributed by atoms with E-state index in [0.29, 0.717) is 0 Å². The number of fused-ring (bicyclic) bond motifs is 3. The number of aliphatic carboxylic acids is 1. The van der Waals surface area contributed by atoms with Crippen LogP contribution in [0.25, 0.3) is 11.1 Å². The number of benzene rings is 2. The van der Waals surface area contributed by atoms with Crippen LogP contribution in [-0.4, -0.2) is 59.7 Å². The van der Waals surface area contributed by atoms with Gasteiger partial charge in [0.1, 0.15) is 18.7 Å². The van der Waals surface area contributed by atoms with E-state index in [0.717, 1.165) is 22.3 Å². The zero-order chi connectivity index (χ0) is 24.9. The minimum atomic E-state index is -4.83. The Balaban J connectivity index is 1.69. The predicted octanol–water partition coefficient (Wildman–Crippen LogP) is 2.80. The number of carbonyl (C=O) groups excluding carboxylic acids is 2. The summed E-state index contributed by atoms with van der Waals surface area (Å²) in [5, 5.41) is 21.7. The van der Waals surface area contributed by atoms with Crippen LogP contribution < -0.4 is 10.6 Å². The molecule has 0 fully saturated rings. The average Bonchev–Trinajstić information content (AvgIpc) is 3.09. The smallest absolute Gasteiger partial charge is 0.407 e. The molecule has 0 aliphatic heterocycles. The van der Waals surface area contributed by atoms with Crippen molar-refractivity contribution in [3.63, 3.8) is 0 Å². The third kappa shape index (κ3) is 6.04. The molecule has 0 spiro atoms. The van der Waals surface area contributed by atoms with Gasteiger partial charge < -0.3 is 25.6 Å². The number of alkyl halides is 3. The maximum Gasteiger partial charge on any atom is 0.407 e. The summed E-state index contributed by atoms with van der Waals surface area (Å²) in [5.41, 5.74) is 3.72. The van der Waals surface area contributed by atoms with Gasteiger partial charge in [0.2, 0.25) is 5.91 Å². The molecular formula is C23H23F3N2O6. The fourth-order valence-electron chi connectivity index (χ4n) is 3.88. The number of carboxylic acid groups (broad SMARTS) is 1. The van der Waals surface area contributed by atoms with Gasteiger partial charge >= 0.3 is 18.2 Å². The summed E-state index contributed by atoms with van der Waals surface area (Å²) in [6.45, 7) is -0.788. The number of hydrogen-bond donors (Lipinski definition) is 4. The van der Waals surface area contributed by atoms with E-state index in [-0.39, 0.29) is 12.5 Å². The van der Waals surface area contributed by atoms with E-state index in [9.17, 15) is 27.6 Å². The van der Waals surface area contributed by atoms with E-state index in [1.807, 2.05) is 59.2 Å². The first kappa shape index (κ1) is 25.0. The Morgan fingerprint density at radius 3 is 2.00 bits per heavy atom. The van der Waals surface area contributed by atoms with Gasteiger partial charge in [-0.2, -0.15) is 13.2 Å². The van der Waals surface area contributed by atoms with Crippen LogP contribution in [0, 0.1) is 0 Å². The largest absolute Gasteiger partial charge is 0.480 e. The molecule has 3 rings (SSSR count). The molecular weight excluding hydrogens is 457 g/mol. The Morgan fingerprint density at radius 2 is 1.50 bits per heavy atom. The minimum Gasteiger partial charge on any atom is -0.480 e. The molecule has 2 atom stereocenters. The number of amides is 2. The lowest BCUT2D eigenvalue weighted by atomic mass is 9.98. The van der Waals surface area contributed by atoms with E-state index in [4.69, 9.17) is 14.9 Å². The summed E-state index contributed by atoms with van der Waals surface area (Å²) in [4.78, 5) is 35.8. The van der Waals surface area contributed by atoms with Crippen LogP contribution in [0.1, 0.15) is 29.9 Å². The average molecular weight is 480 g/mol. The number of alkyl carbamates (subject to hydrolysis) is 1. The number of aliphatic hydroxyl groups is 1. The van der Waals surface area contributed by atoms with Crippen LogP contribution in [0.5, 0.6) is 0 Å². The third-order valence-electron chi connectivity index (χ3n) is 5.42. The highest BCUT2D eigenvalue weighted by molar-refractivity contribution is 5.89. The summed E-state index contributed by atoms with van der Waals surface area (Å²) in [6.07, 6.45) is -8.21. The van der Waals surface area contributed by atoms with E-state index < -0.39 is 55.7 Å². The van der Waals surface area contributed by atoms with E-state index >= 15 is 0 Å². The van der Waals surface area contributed by atoms with Gasteiger partial charge in [0.15, 0.2) is 0 Å². The molecule has 0 saturated heterocycles. The molecule has 8 nitrogen and oxygen atoms in total. The van der Waals surface area contributed by atoms with Crippen LogP contribution in [0.3, 0.4) is 0 Å². The zero-order valence-corrected chi connectivity index (χ0v) is 17.8. The molecule has 0 saturated carbocycles. The van der Waals surface area contributed by atoms with Crippen molar-refractivity contribution in [2.75, 3.05) is 13.2 Å². The van der Waals surface area contributed by atoms with Gasteiger partial charge in [0, 0.05) is 18.9 Å². The molecule has 0 radical (unpaired) electrons. The molecule has 1 aliphatic rings. The summed E-state index contributed by atoms with van der Waals surface area (Å²) in [5.74, 6) is -3.23. The minimum absolute atomic E-state index is 0.178. The first-order chi connectivity index (χ1) is 16.1. The molecule has 0 bridgehead atoms. The normalized spacial score (nSPS) is 14.5. The highest BCUT2D eigenvalue weighted by atomic mass is 19.4. The van der Waals surface area contributed by atoms with Crippen LogP contribution in [0.4, 0.5) is 18.0 Å². The SMILES string of the molecule is O=C(NC(CC(F)(F)F)C(=O)NC(CCO)C(=O)O)OCC1c2ccccc2-c2ccccc21. The van der Waals surface area contributed by atoms with Gasteiger partial charge in [-0.1, -0.05) is 48.5 Å². The Morgan fingerprint density at radius 1 is 0.941 bits per heavy atom. The molecule has 0 aromatic heterocycles. The van der Waals surface area contributed by atoms with Crippen LogP contribution in [0.2, 0.25) is 0 Å². The van der Waals surface area contributed by atoms with Crippen LogP contribution in [0.15, 0.2) is 48.5 Å². The third-order valence-corrected chi connectivity index (χ3v) is 5.42. The van der Waals surface area contributed by atoms with Crippen LogP contribution in [-0.2, 0) is 14.3 Å². The number of carbonyl (C=O) groups is 3. The zero-order valence-electron chi connectivity index (χ0n) is 17.8. The van der Waals surface area contributed by atoms with Gasteiger partial charge in [-0.05, 0) is 22.3 Å².